The van der Waals surface area contributed by atoms with Gasteiger partial charge in [-0.05, 0) is 31.0 Å². The van der Waals surface area contributed by atoms with Crippen LogP contribution in [0, 0.1) is 5.82 Å². The molecule has 4 rings (SSSR count). The Kier molecular flexibility index (Phi) is 5.15. The summed E-state index contributed by atoms with van der Waals surface area (Å²) in [4.78, 5) is 13.2. The fraction of sp³-hybridized carbons (Fsp3) is 0.474. The minimum atomic E-state index is -0.191. The minimum Gasteiger partial charge on any atom is -0.378 e. The molecule has 2 saturated heterocycles. The third-order valence-corrected chi connectivity index (χ3v) is 4.93. The minimum absolute atomic E-state index is 0.191. The molecule has 26 heavy (non-hydrogen) atoms. The summed E-state index contributed by atoms with van der Waals surface area (Å²) in [5.41, 5.74) is 0.938. The molecule has 2 fully saturated rings. The highest BCUT2D eigenvalue weighted by molar-refractivity contribution is 5.51. The molecule has 2 aromatic rings. The molecule has 1 atom stereocenters. The monoisotopic (exact) mass is 357 g/mol. The van der Waals surface area contributed by atoms with Crippen LogP contribution in [0.4, 0.5) is 21.7 Å². The number of anilines is 3. The van der Waals surface area contributed by atoms with Gasteiger partial charge in [-0.3, -0.25) is 0 Å². The first-order valence-electron chi connectivity index (χ1n) is 9.20. The molecule has 1 N–H and O–H groups in total. The van der Waals surface area contributed by atoms with Gasteiger partial charge in [0, 0.05) is 44.0 Å². The molecule has 1 aromatic heterocycles. The van der Waals surface area contributed by atoms with Crippen LogP contribution in [0.2, 0.25) is 0 Å². The van der Waals surface area contributed by atoms with Crippen LogP contribution >= 0.6 is 0 Å². The summed E-state index contributed by atoms with van der Waals surface area (Å²) < 4.78 is 18.9. The van der Waals surface area contributed by atoms with Crippen molar-refractivity contribution in [2.75, 3.05) is 54.5 Å². The van der Waals surface area contributed by atoms with Gasteiger partial charge in [0.15, 0.2) is 0 Å². The second-order valence-corrected chi connectivity index (χ2v) is 6.77. The van der Waals surface area contributed by atoms with Crippen LogP contribution in [0.1, 0.15) is 12.8 Å². The van der Waals surface area contributed by atoms with Crippen LogP contribution in [-0.4, -0.2) is 55.4 Å². The lowest BCUT2D eigenvalue weighted by atomic mass is 10.0. The maximum atomic E-state index is 13.5. The van der Waals surface area contributed by atoms with Crippen molar-refractivity contribution in [1.29, 1.82) is 0 Å². The Balaban J connectivity index is 1.42. The molecule has 0 bridgehead atoms. The Morgan fingerprint density at radius 2 is 1.96 bits per heavy atom. The van der Waals surface area contributed by atoms with Crippen LogP contribution in [0.15, 0.2) is 36.7 Å². The van der Waals surface area contributed by atoms with Gasteiger partial charge in [-0.2, -0.15) is 0 Å². The number of rotatable bonds is 4. The van der Waals surface area contributed by atoms with Gasteiger partial charge >= 0.3 is 0 Å². The summed E-state index contributed by atoms with van der Waals surface area (Å²) in [6, 6.07) is 9.10. The summed E-state index contributed by atoms with van der Waals surface area (Å²) in [5.74, 6) is 1.58. The van der Waals surface area contributed by atoms with E-state index >= 15 is 0 Å². The predicted molar refractivity (Wildman–Crippen MR) is 100 cm³/mol. The molecule has 2 aliphatic rings. The largest absolute Gasteiger partial charge is 0.378 e. The van der Waals surface area contributed by atoms with Gasteiger partial charge in [0.25, 0.3) is 0 Å². The molecule has 6 nitrogen and oxygen atoms in total. The van der Waals surface area contributed by atoms with E-state index in [-0.39, 0.29) is 11.9 Å². The average Bonchev–Trinajstić information content (AvgIpc) is 2.69. The highest BCUT2D eigenvalue weighted by atomic mass is 19.1. The summed E-state index contributed by atoms with van der Waals surface area (Å²) in [5, 5.41) is 3.53. The molecular formula is C19H24FN5O. The van der Waals surface area contributed by atoms with Crippen LogP contribution in [0.25, 0.3) is 0 Å². The van der Waals surface area contributed by atoms with Gasteiger partial charge < -0.3 is 19.9 Å². The van der Waals surface area contributed by atoms with Crippen LogP contribution in [-0.2, 0) is 4.74 Å². The van der Waals surface area contributed by atoms with Crippen molar-refractivity contribution in [3.63, 3.8) is 0 Å². The number of nitrogens with one attached hydrogen (secondary N) is 1. The maximum Gasteiger partial charge on any atom is 0.134 e. The van der Waals surface area contributed by atoms with Crippen LogP contribution < -0.4 is 15.1 Å². The number of morpholine rings is 1. The molecule has 1 aromatic carbocycles. The Morgan fingerprint density at radius 3 is 2.81 bits per heavy atom. The number of halogens is 1. The number of nitrogens with zero attached hydrogens (tertiary/aromatic N) is 4. The maximum absolute atomic E-state index is 13.5. The normalized spacial score (nSPS) is 20.9. The number of benzene rings is 1. The number of piperidine rings is 1. The summed E-state index contributed by atoms with van der Waals surface area (Å²) in [6.45, 7) is 4.96. The fourth-order valence-corrected chi connectivity index (χ4v) is 3.60. The first kappa shape index (κ1) is 17.0. The van der Waals surface area contributed by atoms with Crippen molar-refractivity contribution in [2.45, 2.75) is 18.9 Å². The molecule has 2 aliphatic heterocycles. The molecule has 7 heteroatoms. The van der Waals surface area contributed by atoms with Gasteiger partial charge in [0.1, 0.15) is 23.8 Å². The molecule has 0 radical (unpaired) electrons. The van der Waals surface area contributed by atoms with E-state index in [1.807, 2.05) is 12.1 Å². The first-order valence-corrected chi connectivity index (χ1v) is 9.20. The number of ether oxygens (including phenoxy) is 1. The highest BCUT2D eigenvalue weighted by Gasteiger charge is 2.21. The Hall–Kier alpha value is -2.41. The SMILES string of the molecule is Fc1cccc(N2CCCC(Nc3cc(N4CCOCC4)ncn3)C2)c1. The van der Waals surface area contributed by atoms with Crippen molar-refractivity contribution < 1.29 is 9.13 Å². The smallest absolute Gasteiger partial charge is 0.134 e. The Labute approximate surface area is 153 Å². The molecule has 0 aliphatic carbocycles. The summed E-state index contributed by atoms with van der Waals surface area (Å²) in [7, 11) is 0. The molecule has 0 saturated carbocycles. The Morgan fingerprint density at radius 1 is 1.08 bits per heavy atom. The number of hydrogen-bond donors (Lipinski definition) is 1. The average molecular weight is 357 g/mol. The molecule has 1 unspecified atom stereocenters. The zero-order valence-electron chi connectivity index (χ0n) is 14.8. The van der Waals surface area contributed by atoms with Gasteiger partial charge in [-0.1, -0.05) is 6.07 Å². The third kappa shape index (κ3) is 4.04. The zero-order valence-corrected chi connectivity index (χ0v) is 14.8. The van der Waals surface area contributed by atoms with E-state index in [1.54, 1.807) is 18.5 Å². The summed E-state index contributed by atoms with van der Waals surface area (Å²) in [6.07, 6.45) is 3.75. The number of aromatic nitrogens is 2. The van der Waals surface area contributed by atoms with E-state index < -0.39 is 0 Å². The standard InChI is InChI=1S/C19H24FN5O/c20-15-3-1-5-17(11-15)25-6-2-4-16(13-25)23-18-12-19(22-14-21-18)24-7-9-26-10-8-24/h1,3,5,11-12,14,16H,2,4,6-10,13H2,(H,21,22,23). The fourth-order valence-electron chi connectivity index (χ4n) is 3.60. The van der Waals surface area contributed by atoms with Crippen molar-refractivity contribution in [3.8, 4) is 0 Å². The lowest BCUT2D eigenvalue weighted by Crippen LogP contribution is -2.42. The quantitative estimate of drug-likeness (QED) is 0.908. The van der Waals surface area contributed by atoms with E-state index in [2.05, 4.69) is 25.1 Å². The van der Waals surface area contributed by atoms with Gasteiger partial charge in [0.05, 0.1) is 13.2 Å². The second kappa shape index (κ2) is 7.86. The molecule has 3 heterocycles. The van der Waals surface area contributed by atoms with E-state index in [0.29, 0.717) is 0 Å². The topological polar surface area (TPSA) is 53.5 Å². The predicted octanol–water partition coefficient (Wildman–Crippen LogP) is 2.53. The van der Waals surface area contributed by atoms with E-state index in [4.69, 9.17) is 4.74 Å². The summed E-state index contributed by atoms with van der Waals surface area (Å²) >= 11 is 0. The lowest BCUT2D eigenvalue weighted by molar-refractivity contribution is 0.122. The van der Waals surface area contributed by atoms with Crippen molar-refractivity contribution >= 4 is 17.3 Å². The number of hydrogen-bond acceptors (Lipinski definition) is 6. The van der Waals surface area contributed by atoms with Crippen molar-refractivity contribution in [1.82, 2.24) is 9.97 Å². The molecular weight excluding hydrogens is 333 g/mol. The highest BCUT2D eigenvalue weighted by Crippen LogP contribution is 2.23. The van der Waals surface area contributed by atoms with E-state index in [1.165, 1.54) is 6.07 Å². The second-order valence-electron chi connectivity index (χ2n) is 6.77. The van der Waals surface area contributed by atoms with Gasteiger partial charge in [-0.25, -0.2) is 14.4 Å². The lowest BCUT2D eigenvalue weighted by Gasteiger charge is -2.35. The zero-order chi connectivity index (χ0) is 17.8. The van der Waals surface area contributed by atoms with Crippen molar-refractivity contribution in [3.05, 3.63) is 42.5 Å². The Bertz CT molecular complexity index is 737. The van der Waals surface area contributed by atoms with Gasteiger partial charge in [0.2, 0.25) is 0 Å². The molecule has 0 spiro atoms. The van der Waals surface area contributed by atoms with Gasteiger partial charge in [-0.15, -0.1) is 0 Å². The van der Waals surface area contributed by atoms with E-state index in [0.717, 1.165) is 69.6 Å². The van der Waals surface area contributed by atoms with E-state index in [9.17, 15) is 4.39 Å². The third-order valence-electron chi connectivity index (χ3n) is 4.93. The molecule has 0 amide bonds. The van der Waals surface area contributed by atoms with Crippen LogP contribution in [0.3, 0.4) is 0 Å². The first-order chi connectivity index (χ1) is 12.8. The molecule has 138 valence electrons. The van der Waals surface area contributed by atoms with Crippen LogP contribution in [0.5, 0.6) is 0 Å². The van der Waals surface area contributed by atoms with Crippen molar-refractivity contribution in [2.24, 2.45) is 0 Å².